The van der Waals surface area contributed by atoms with Crippen LogP contribution in [0.5, 0.6) is 0 Å². The van der Waals surface area contributed by atoms with Crippen LogP contribution in [0.25, 0.3) is 0 Å². The number of nitrogens with one attached hydrogen (secondary N) is 1. The maximum absolute atomic E-state index is 12.0. The Labute approximate surface area is 106 Å². The number of aryl methyl sites for hydroxylation is 1. The lowest BCUT2D eigenvalue weighted by atomic mass is 10.1. The Morgan fingerprint density at radius 1 is 1.39 bits per heavy atom. The number of anilines is 1. The third kappa shape index (κ3) is 2.51. The zero-order valence-corrected chi connectivity index (χ0v) is 10.4. The predicted octanol–water partition coefficient (Wildman–Crippen LogP) is 1.49. The molecule has 0 fully saturated rings. The van der Waals surface area contributed by atoms with Crippen molar-refractivity contribution in [2.75, 3.05) is 5.73 Å². The Kier molecular flexibility index (Phi) is 3.32. The number of rotatable bonds is 3. The van der Waals surface area contributed by atoms with Crippen molar-refractivity contribution in [3.05, 3.63) is 47.7 Å². The highest BCUT2D eigenvalue weighted by molar-refractivity contribution is 5.93. The lowest BCUT2D eigenvalue weighted by molar-refractivity contribution is 0.0934. The van der Waals surface area contributed by atoms with Crippen molar-refractivity contribution in [3.8, 4) is 0 Å². The van der Waals surface area contributed by atoms with Crippen LogP contribution in [0.3, 0.4) is 0 Å². The van der Waals surface area contributed by atoms with E-state index in [1.807, 2.05) is 37.3 Å². The molecule has 94 valence electrons. The van der Waals surface area contributed by atoms with Crippen molar-refractivity contribution < 1.29 is 4.79 Å². The van der Waals surface area contributed by atoms with Crippen molar-refractivity contribution in [1.82, 2.24) is 15.1 Å². The summed E-state index contributed by atoms with van der Waals surface area (Å²) in [7, 11) is 1.70. The summed E-state index contributed by atoms with van der Waals surface area (Å²) in [4.78, 5) is 12.0. The number of aromatic nitrogens is 2. The van der Waals surface area contributed by atoms with E-state index in [0.29, 0.717) is 11.5 Å². The van der Waals surface area contributed by atoms with Crippen LogP contribution in [0.2, 0.25) is 0 Å². The molecule has 2 rings (SSSR count). The van der Waals surface area contributed by atoms with Gasteiger partial charge in [0.15, 0.2) is 5.69 Å². The second-order valence-electron chi connectivity index (χ2n) is 4.18. The van der Waals surface area contributed by atoms with E-state index >= 15 is 0 Å². The average molecular weight is 244 g/mol. The highest BCUT2D eigenvalue weighted by Gasteiger charge is 2.14. The predicted molar refractivity (Wildman–Crippen MR) is 69.9 cm³/mol. The van der Waals surface area contributed by atoms with E-state index in [9.17, 15) is 4.79 Å². The van der Waals surface area contributed by atoms with Gasteiger partial charge in [0.1, 0.15) is 5.82 Å². The zero-order valence-electron chi connectivity index (χ0n) is 10.4. The first-order chi connectivity index (χ1) is 8.58. The van der Waals surface area contributed by atoms with Crippen molar-refractivity contribution in [1.29, 1.82) is 0 Å². The fourth-order valence-corrected chi connectivity index (χ4v) is 1.69. The summed E-state index contributed by atoms with van der Waals surface area (Å²) < 4.78 is 1.47. The summed E-state index contributed by atoms with van der Waals surface area (Å²) >= 11 is 0. The molecule has 3 N–H and O–H groups in total. The topological polar surface area (TPSA) is 72.9 Å². The van der Waals surface area contributed by atoms with Gasteiger partial charge in [-0.3, -0.25) is 9.48 Å². The normalized spacial score (nSPS) is 12.1. The molecule has 0 unspecified atom stereocenters. The van der Waals surface area contributed by atoms with Crippen LogP contribution in [0, 0.1) is 0 Å². The molecule has 0 bridgehead atoms. The molecule has 0 radical (unpaired) electrons. The van der Waals surface area contributed by atoms with Gasteiger partial charge in [-0.2, -0.15) is 5.10 Å². The van der Waals surface area contributed by atoms with Gasteiger partial charge in [-0.15, -0.1) is 0 Å². The molecule has 2 aromatic rings. The standard InChI is InChI=1S/C13H16N4O/c1-9(10-6-4-3-5-7-10)15-13(18)11-8-12(14)17(2)16-11/h3-9H,14H2,1-2H3,(H,15,18)/t9-/m0/s1. The summed E-state index contributed by atoms with van der Waals surface area (Å²) in [6.07, 6.45) is 0. The lowest BCUT2D eigenvalue weighted by Gasteiger charge is -2.12. The smallest absolute Gasteiger partial charge is 0.272 e. The van der Waals surface area contributed by atoms with E-state index in [-0.39, 0.29) is 11.9 Å². The lowest BCUT2D eigenvalue weighted by Crippen LogP contribution is -2.27. The Bertz CT molecular complexity index is 528. The Balaban J connectivity index is 2.08. The molecule has 1 aromatic carbocycles. The zero-order chi connectivity index (χ0) is 13.1. The first-order valence-corrected chi connectivity index (χ1v) is 5.73. The molecule has 0 aliphatic rings. The molecule has 0 aliphatic heterocycles. The van der Waals surface area contributed by atoms with Crippen LogP contribution in [0.4, 0.5) is 5.82 Å². The number of nitrogens with zero attached hydrogens (tertiary/aromatic N) is 2. The highest BCUT2D eigenvalue weighted by atomic mass is 16.2. The van der Waals surface area contributed by atoms with Crippen LogP contribution in [0.15, 0.2) is 36.4 Å². The molecule has 0 aliphatic carbocycles. The molecule has 0 spiro atoms. The quantitative estimate of drug-likeness (QED) is 0.859. The largest absolute Gasteiger partial charge is 0.384 e. The van der Waals surface area contributed by atoms with Gasteiger partial charge in [-0.05, 0) is 12.5 Å². The van der Waals surface area contributed by atoms with Crippen molar-refractivity contribution in [2.45, 2.75) is 13.0 Å². The van der Waals surface area contributed by atoms with Crippen LogP contribution in [0.1, 0.15) is 29.0 Å². The number of benzene rings is 1. The first kappa shape index (κ1) is 12.2. The molecule has 5 heteroatoms. The minimum absolute atomic E-state index is 0.0677. The maximum Gasteiger partial charge on any atom is 0.272 e. The van der Waals surface area contributed by atoms with Gasteiger partial charge < -0.3 is 11.1 Å². The van der Waals surface area contributed by atoms with Crippen LogP contribution in [-0.4, -0.2) is 15.7 Å². The minimum atomic E-state index is -0.223. The fraction of sp³-hybridized carbons (Fsp3) is 0.231. The van der Waals surface area contributed by atoms with Crippen LogP contribution < -0.4 is 11.1 Å². The molecular weight excluding hydrogens is 228 g/mol. The Morgan fingerprint density at radius 3 is 2.61 bits per heavy atom. The Hall–Kier alpha value is -2.30. The van der Waals surface area contributed by atoms with Gasteiger partial charge in [-0.1, -0.05) is 30.3 Å². The molecule has 1 amide bonds. The van der Waals surface area contributed by atoms with Gasteiger partial charge in [0.25, 0.3) is 5.91 Å². The summed E-state index contributed by atoms with van der Waals surface area (Å²) in [6, 6.07) is 11.3. The molecule has 1 heterocycles. The average Bonchev–Trinajstić information content (AvgIpc) is 2.71. The molecule has 5 nitrogen and oxygen atoms in total. The van der Waals surface area contributed by atoms with E-state index < -0.39 is 0 Å². The Morgan fingerprint density at radius 2 is 2.06 bits per heavy atom. The number of carbonyl (C=O) groups is 1. The molecular formula is C13H16N4O. The minimum Gasteiger partial charge on any atom is -0.384 e. The monoisotopic (exact) mass is 244 g/mol. The number of nitrogen functional groups attached to an aromatic ring is 1. The second-order valence-corrected chi connectivity index (χ2v) is 4.18. The molecule has 1 atom stereocenters. The summed E-state index contributed by atoms with van der Waals surface area (Å²) in [5.74, 6) is 0.242. The second kappa shape index (κ2) is 4.91. The van der Waals surface area contributed by atoms with Gasteiger partial charge in [0.05, 0.1) is 6.04 Å². The number of hydrogen-bond donors (Lipinski definition) is 2. The van der Waals surface area contributed by atoms with Gasteiger partial charge in [-0.25, -0.2) is 0 Å². The molecule has 0 saturated heterocycles. The summed E-state index contributed by atoms with van der Waals surface area (Å²) in [5, 5.41) is 6.92. The number of hydrogen-bond acceptors (Lipinski definition) is 3. The maximum atomic E-state index is 12.0. The van der Waals surface area contributed by atoms with Crippen molar-refractivity contribution in [3.63, 3.8) is 0 Å². The summed E-state index contributed by atoms with van der Waals surface area (Å²) in [6.45, 7) is 1.93. The van der Waals surface area contributed by atoms with E-state index in [4.69, 9.17) is 5.73 Å². The van der Waals surface area contributed by atoms with Gasteiger partial charge >= 0.3 is 0 Å². The van der Waals surface area contributed by atoms with Gasteiger partial charge in [0.2, 0.25) is 0 Å². The van der Waals surface area contributed by atoms with E-state index in [1.54, 1.807) is 13.1 Å². The van der Waals surface area contributed by atoms with Crippen molar-refractivity contribution >= 4 is 11.7 Å². The third-order valence-corrected chi connectivity index (χ3v) is 2.80. The highest BCUT2D eigenvalue weighted by Crippen LogP contribution is 2.12. The van der Waals surface area contributed by atoms with E-state index in [1.165, 1.54) is 4.68 Å². The fourth-order valence-electron chi connectivity index (χ4n) is 1.69. The number of carbonyl (C=O) groups excluding carboxylic acids is 1. The van der Waals surface area contributed by atoms with Gasteiger partial charge in [0, 0.05) is 13.1 Å². The van der Waals surface area contributed by atoms with Crippen LogP contribution in [-0.2, 0) is 7.05 Å². The summed E-state index contributed by atoms with van der Waals surface area (Å²) in [5.41, 5.74) is 7.02. The van der Waals surface area contributed by atoms with E-state index in [0.717, 1.165) is 5.56 Å². The van der Waals surface area contributed by atoms with E-state index in [2.05, 4.69) is 10.4 Å². The third-order valence-electron chi connectivity index (χ3n) is 2.80. The van der Waals surface area contributed by atoms with Crippen molar-refractivity contribution in [2.24, 2.45) is 7.05 Å². The van der Waals surface area contributed by atoms with Crippen LogP contribution >= 0.6 is 0 Å². The first-order valence-electron chi connectivity index (χ1n) is 5.73. The number of nitrogens with two attached hydrogens (primary N) is 1. The SMILES string of the molecule is C[C@H](NC(=O)c1cc(N)n(C)n1)c1ccccc1. The molecule has 1 aromatic heterocycles. The molecule has 0 saturated carbocycles. The molecule has 18 heavy (non-hydrogen) atoms. The number of amides is 1.